The normalized spacial score (nSPS) is 11.2. The zero-order valence-corrected chi connectivity index (χ0v) is 9.64. The van der Waals surface area contributed by atoms with E-state index in [9.17, 15) is 0 Å². The molecule has 15 heavy (non-hydrogen) atoms. The van der Waals surface area contributed by atoms with Crippen LogP contribution < -0.4 is 5.73 Å². The highest BCUT2D eigenvalue weighted by Gasteiger charge is 2.14. The molecule has 0 aliphatic carbocycles. The summed E-state index contributed by atoms with van der Waals surface area (Å²) in [6.07, 6.45) is 0.812. The fraction of sp³-hybridized carbons (Fsp3) is 0.417. The lowest BCUT2D eigenvalue weighted by Crippen LogP contribution is -1.97. The van der Waals surface area contributed by atoms with E-state index in [1.54, 1.807) is 0 Å². The second-order valence-electron chi connectivity index (χ2n) is 3.93. The molecule has 0 spiro atoms. The van der Waals surface area contributed by atoms with Crippen LogP contribution in [0.15, 0.2) is 4.42 Å². The Labute approximate surface area is 89.3 Å². The summed E-state index contributed by atoms with van der Waals surface area (Å²) >= 11 is 0. The van der Waals surface area contributed by atoms with Crippen LogP contribution in [-0.4, -0.2) is 4.98 Å². The number of fused-ring (bicyclic) bond motifs is 1. The molecule has 80 valence electrons. The van der Waals surface area contributed by atoms with E-state index < -0.39 is 0 Å². The highest BCUT2D eigenvalue weighted by molar-refractivity contribution is 5.87. The van der Waals surface area contributed by atoms with Gasteiger partial charge < -0.3 is 10.2 Å². The molecular weight excluding hydrogens is 188 g/mol. The van der Waals surface area contributed by atoms with Crippen molar-refractivity contribution in [3.05, 3.63) is 22.6 Å². The first kappa shape index (κ1) is 10.0. The predicted octanol–water partition coefficient (Wildman–Crippen LogP) is 2.90. The molecule has 1 heterocycles. The molecule has 2 aromatic rings. The summed E-state index contributed by atoms with van der Waals surface area (Å²) < 4.78 is 5.67. The fourth-order valence-electron chi connectivity index (χ4n) is 1.81. The van der Waals surface area contributed by atoms with Crippen LogP contribution >= 0.6 is 0 Å². The highest BCUT2D eigenvalue weighted by Crippen LogP contribution is 2.31. The number of aromatic nitrogens is 1. The van der Waals surface area contributed by atoms with Crippen molar-refractivity contribution in [3.63, 3.8) is 0 Å². The maximum atomic E-state index is 6.01. The first-order valence-corrected chi connectivity index (χ1v) is 5.20. The predicted molar refractivity (Wildman–Crippen MR) is 62.0 cm³/mol. The molecule has 0 aliphatic rings. The van der Waals surface area contributed by atoms with Gasteiger partial charge in [-0.05, 0) is 31.9 Å². The fourth-order valence-corrected chi connectivity index (χ4v) is 1.81. The molecule has 0 saturated heterocycles. The summed E-state index contributed by atoms with van der Waals surface area (Å²) in [4.78, 5) is 4.47. The van der Waals surface area contributed by atoms with Crippen molar-refractivity contribution in [1.29, 1.82) is 0 Å². The Hall–Kier alpha value is -1.51. The Bertz CT molecular complexity index is 481. The second kappa shape index (κ2) is 3.26. The summed E-state index contributed by atoms with van der Waals surface area (Å²) in [5.41, 5.74) is 11.9. The molecule has 1 aromatic carbocycles. The van der Waals surface area contributed by atoms with Crippen molar-refractivity contribution in [2.75, 3.05) is 5.73 Å². The summed E-state index contributed by atoms with van der Waals surface area (Å²) in [5.74, 6) is 0.779. The van der Waals surface area contributed by atoms with Crippen LogP contribution in [0.3, 0.4) is 0 Å². The quantitative estimate of drug-likeness (QED) is 0.726. The van der Waals surface area contributed by atoms with E-state index in [2.05, 4.69) is 4.98 Å². The van der Waals surface area contributed by atoms with Crippen molar-refractivity contribution in [2.45, 2.75) is 34.1 Å². The number of oxazole rings is 1. The Morgan fingerprint density at radius 2 is 1.80 bits per heavy atom. The number of anilines is 1. The van der Waals surface area contributed by atoms with Gasteiger partial charge in [0.05, 0.1) is 0 Å². The third-order valence-corrected chi connectivity index (χ3v) is 3.04. The lowest BCUT2D eigenvalue weighted by molar-refractivity contribution is 0.536. The highest BCUT2D eigenvalue weighted by atomic mass is 16.3. The Balaban J connectivity index is 2.90. The number of aryl methyl sites for hydroxylation is 3. The van der Waals surface area contributed by atoms with Gasteiger partial charge in [-0.25, -0.2) is 4.98 Å². The van der Waals surface area contributed by atoms with Gasteiger partial charge in [0.1, 0.15) is 5.52 Å². The topological polar surface area (TPSA) is 52.0 Å². The SMILES string of the molecule is CCc1nc2c(C)c(C)c(N)c(C)c2o1. The molecule has 1 aromatic heterocycles. The van der Waals surface area contributed by atoms with Gasteiger partial charge in [0.25, 0.3) is 0 Å². The maximum Gasteiger partial charge on any atom is 0.195 e. The number of nitrogens with zero attached hydrogens (tertiary/aromatic N) is 1. The third kappa shape index (κ3) is 1.30. The number of hydrogen-bond donors (Lipinski definition) is 1. The number of benzene rings is 1. The lowest BCUT2D eigenvalue weighted by atomic mass is 10.0. The van der Waals surface area contributed by atoms with Gasteiger partial charge in [0.15, 0.2) is 11.5 Å². The van der Waals surface area contributed by atoms with E-state index in [-0.39, 0.29) is 0 Å². The molecule has 0 unspecified atom stereocenters. The van der Waals surface area contributed by atoms with Crippen molar-refractivity contribution in [3.8, 4) is 0 Å². The average Bonchev–Trinajstić information content (AvgIpc) is 2.67. The largest absolute Gasteiger partial charge is 0.440 e. The Morgan fingerprint density at radius 1 is 1.13 bits per heavy atom. The summed E-state index contributed by atoms with van der Waals surface area (Å²) in [5, 5.41) is 0. The second-order valence-corrected chi connectivity index (χ2v) is 3.93. The molecule has 0 bridgehead atoms. The van der Waals surface area contributed by atoms with Crippen LogP contribution in [0.4, 0.5) is 5.69 Å². The van der Waals surface area contributed by atoms with Gasteiger partial charge in [0, 0.05) is 17.7 Å². The van der Waals surface area contributed by atoms with Gasteiger partial charge in [-0.2, -0.15) is 0 Å². The van der Waals surface area contributed by atoms with E-state index in [1.807, 2.05) is 27.7 Å². The third-order valence-electron chi connectivity index (χ3n) is 3.04. The Kier molecular flexibility index (Phi) is 2.18. The van der Waals surface area contributed by atoms with Crippen LogP contribution in [0.2, 0.25) is 0 Å². The van der Waals surface area contributed by atoms with Crippen LogP contribution in [0.25, 0.3) is 11.1 Å². The number of hydrogen-bond acceptors (Lipinski definition) is 3. The molecule has 0 saturated carbocycles. The molecule has 2 rings (SSSR count). The minimum absolute atomic E-state index is 0.779. The summed E-state index contributed by atoms with van der Waals surface area (Å²) in [6, 6.07) is 0. The number of nitrogen functional groups attached to an aromatic ring is 1. The number of nitrogens with two attached hydrogens (primary N) is 1. The van der Waals surface area contributed by atoms with Crippen molar-refractivity contribution in [2.24, 2.45) is 0 Å². The van der Waals surface area contributed by atoms with Crippen LogP contribution in [0.5, 0.6) is 0 Å². The van der Waals surface area contributed by atoms with Crippen molar-refractivity contribution < 1.29 is 4.42 Å². The van der Waals surface area contributed by atoms with Gasteiger partial charge in [-0.15, -0.1) is 0 Å². The molecule has 0 radical (unpaired) electrons. The van der Waals surface area contributed by atoms with Gasteiger partial charge in [0.2, 0.25) is 0 Å². The first-order valence-electron chi connectivity index (χ1n) is 5.20. The van der Waals surface area contributed by atoms with E-state index in [0.29, 0.717) is 0 Å². The number of rotatable bonds is 1. The first-order chi connectivity index (χ1) is 7.06. The van der Waals surface area contributed by atoms with E-state index in [4.69, 9.17) is 10.2 Å². The van der Waals surface area contributed by atoms with Gasteiger partial charge in [-0.3, -0.25) is 0 Å². The smallest absolute Gasteiger partial charge is 0.195 e. The molecular formula is C12H16N2O. The minimum Gasteiger partial charge on any atom is -0.440 e. The minimum atomic E-state index is 0.779. The standard InChI is InChI=1S/C12H16N2O/c1-5-9-14-11-7(3)6(2)10(13)8(4)12(11)15-9/h5,13H2,1-4H3. The van der Waals surface area contributed by atoms with E-state index in [0.717, 1.165) is 45.8 Å². The molecule has 3 nitrogen and oxygen atoms in total. The van der Waals surface area contributed by atoms with E-state index in [1.165, 1.54) is 0 Å². The molecule has 0 aliphatic heterocycles. The Morgan fingerprint density at radius 3 is 2.40 bits per heavy atom. The summed E-state index contributed by atoms with van der Waals surface area (Å²) in [7, 11) is 0. The molecule has 2 N–H and O–H groups in total. The van der Waals surface area contributed by atoms with Crippen LogP contribution in [0, 0.1) is 20.8 Å². The summed E-state index contributed by atoms with van der Waals surface area (Å²) in [6.45, 7) is 8.08. The molecule has 3 heteroatoms. The zero-order valence-electron chi connectivity index (χ0n) is 9.64. The maximum absolute atomic E-state index is 6.01. The lowest BCUT2D eigenvalue weighted by Gasteiger charge is -2.07. The van der Waals surface area contributed by atoms with Crippen molar-refractivity contribution in [1.82, 2.24) is 4.98 Å². The van der Waals surface area contributed by atoms with Crippen LogP contribution in [0.1, 0.15) is 29.5 Å². The van der Waals surface area contributed by atoms with E-state index >= 15 is 0 Å². The zero-order chi connectivity index (χ0) is 11.2. The molecule has 0 amide bonds. The van der Waals surface area contributed by atoms with Crippen molar-refractivity contribution >= 4 is 16.8 Å². The van der Waals surface area contributed by atoms with Gasteiger partial charge >= 0.3 is 0 Å². The van der Waals surface area contributed by atoms with Gasteiger partial charge in [-0.1, -0.05) is 6.92 Å². The monoisotopic (exact) mass is 204 g/mol. The molecule has 0 fully saturated rings. The molecule has 0 atom stereocenters. The van der Waals surface area contributed by atoms with Crippen LogP contribution in [-0.2, 0) is 6.42 Å². The average molecular weight is 204 g/mol.